The molecule has 29 heavy (non-hydrogen) atoms. The number of rotatable bonds is 8. The van der Waals surface area contributed by atoms with Crippen LogP contribution in [0, 0.1) is 17.8 Å². The number of hydrogen-bond donors (Lipinski definition) is 1. The van der Waals surface area contributed by atoms with Crippen molar-refractivity contribution >= 4 is 29.4 Å². The van der Waals surface area contributed by atoms with Gasteiger partial charge in [-0.2, -0.15) is 0 Å². The molecule has 4 aliphatic carbocycles. The van der Waals surface area contributed by atoms with E-state index >= 15 is 0 Å². The molecule has 4 fully saturated rings. The standard InChI is InChI=1S/C23H29NO4S/c1-29-19-4-2-18(3-5-19)20(25)6-7-22(27)28-14-21(26)24-23-11-15-8-16(12-23)10-17(9-15)13-23/h2-5,15-17H,6-14H2,1H3,(H,24,26). The summed E-state index contributed by atoms with van der Waals surface area (Å²) in [6, 6.07) is 7.34. The van der Waals surface area contributed by atoms with Gasteiger partial charge in [0.05, 0.1) is 6.42 Å². The minimum Gasteiger partial charge on any atom is -0.456 e. The zero-order chi connectivity index (χ0) is 20.4. The van der Waals surface area contributed by atoms with Gasteiger partial charge in [-0.1, -0.05) is 12.1 Å². The maximum atomic E-state index is 12.4. The Balaban J connectivity index is 1.19. The van der Waals surface area contributed by atoms with Gasteiger partial charge in [0.15, 0.2) is 12.4 Å². The molecule has 4 aliphatic rings. The van der Waals surface area contributed by atoms with Gasteiger partial charge in [-0.05, 0) is 74.7 Å². The lowest BCUT2D eigenvalue weighted by atomic mass is 9.53. The molecule has 4 bridgehead atoms. The van der Waals surface area contributed by atoms with E-state index in [1.165, 1.54) is 19.3 Å². The number of ketones is 1. The van der Waals surface area contributed by atoms with Crippen molar-refractivity contribution in [2.24, 2.45) is 17.8 Å². The molecule has 1 aromatic carbocycles. The van der Waals surface area contributed by atoms with Crippen molar-refractivity contribution in [1.82, 2.24) is 5.32 Å². The van der Waals surface area contributed by atoms with E-state index in [9.17, 15) is 14.4 Å². The Bertz CT molecular complexity index is 753. The van der Waals surface area contributed by atoms with Crippen LogP contribution in [0.2, 0.25) is 0 Å². The molecule has 156 valence electrons. The highest BCUT2D eigenvalue weighted by Crippen LogP contribution is 2.55. The first-order chi connectivity index (χ1) is 13.9. The van der Waals surface area contributed by atoms with Crippen molar-refractivity contribution in [3.63, 3.8) is 0 Å². The van der Waals surface area contributed by atoms with E-state index in [1.54, 1.807) is 23.9 Å². The molecular weight excluding hydrogens is 386 g/mol. The Hall–Kier alpha value is -1.82. The number of hydrogen-bond acceptors (Lipinski definition) is 5. The van der Waals surface area contributed by atoms with Crippen LogP contribution >= 0.6 is 11.8 Å². The fraction of sp³-hybridized carbons (Fsp3) is 0.609. The molecule has 1 amide bonds. The molecule has 0 spiro atoms. The predicted molar refractivity (Wildman–Crippen MR) is 112 cm³/mol. The van der Waals surface area contributed by atoms with Crippen LogP contribution in [0.15, 0.2) is 29.2 Å². The number of carbonyl (C=O) groups excluding carboxylic acids is 3. The number of carbonyl (C=O) groups is 3. The lowest BCUT2D eigenvalue weighted by Crippen LogP contribution is -2.60. The molecule has 1 N–H and O–H groups in total. The number of amides is 1. The molecule has 0 aliphatic heterocycles. The van der Waals surface area contributed by atoms with Crippen LogP contribution in [-0.2, 0) is 14.3 Å². The van der Waals surface area contributed by atoms with Gasteiger partial charge in [-0.25, -0.2) is 0 Å². The van der Waals surface area contributed by atoms with Gasteiger partial charge in [-0.15, -0.1) is 11.8 Å². The first kappa shape index (κ1) is 20.5. The van der Waals surface area contributed by atoms with Gasteiger partial charge in [0, 0.05) is 22.4 Å². The molecule has 6 heteroatoms. The van der Waals surface area contributed by atoms with Crippen LogP contribution in [0.25, 0.3) is 0 Å². The topological polar surface area (TPSA) is 72.5 Å². The van der Waals surface area contributed by atoms with Crippen LogP contribution in [0.3, 0.4) is 0 Å². The number of Topliss-reactive ketones (excluding diaryl/α,β-unsaturated/α-hetero) is 1. The highest BCUT2D eigenvalue weighted by molar-refractivity contribution is 7.98. The third kappa shape index (κ3) is 4.85. The average Bonchev–Trinajstić information content (AvgIpc) is 2.69. The fourth-order valence-corrected chi connectivity index (χ4v) is 6.36. The molecule has 0 unspecified atom stereocenters. The zero-order valence-corrected chi connectivity index (χ0v) is 17.8. The monoisotopic (exact) mass is 415 g/mol. The molecule has 5 rings (SSSR count). The number of benzene rings is 1. The van der Waals surface area contributed by atoms with Gasteiger partial charge < -0.3 is 10.1 Å². The summed E-state index contributed by atoms with van der Waals surface area (Å²) in [7, 11) is 0. The summed E-state index contributed by atoms with van der Waals surface area (Å²) in [5, 5.41) is 3.20. The second-order valence-corrected chi connectivity index (χ2v) is 9.94. The highest BCUT2D eigenvalue weighted by Gasteiger charge is 2.51. The van der Waals surface area contributed by atoms with E-state index in [4.69, 9.17) is 4.74 Å². The van der Waals surface area contributed by atoms with Gasteiger partial charge in [0.25, 0.3) is 5.91 Å². The Morgan fingerprint density at radius 3 is 2.14 bits per heavy atom. The van der Waals surface area contributed by atoms with Gasteiger partial charge >= 0.3 is 5.97 Å². The van der Waals surface area contributed by atoms with Crippen molar-refractivity contribution in [1.29, 1.82) is 0 Å². The van der Waals surface area contributed by atoms with Crippen LogP contribution in [-0.4, -0.2) is 36.1 Å². The van der Waals surface area contributed by atoms with Gasteiger partial charge in [0.2, 0.25) is 0 Å². The Morgan fingerprint density at radius 1 is 1.00 bits per heavy atom. The van der Waals surface area contributed by atoms with E-state index in [0.717, 1.165) is 41.9 Å². The number of nitrogens with one attached hydrogen (secondary N) is 1. The normalized spacial score (nSPS) is 29.5. The van der Waals surface area contributed by atoms with Crippen molar-refractivity contribution in [3.05, 3.63) is 29.8 Å². The van der Waals surface area contributed by atoms with E-state index in [2.05, 4.69) is 5.32 Å². The molecule has 0 heterocycles. The molecule has 1 aromatic rings. The first-order valence-corrected chi connectivity index (χ1v) is 11.8. The summed E-state index contributed by atoms with van der Waals surface area (Å²) in [6.07, 6.45) is 9.23. The van der Waals surface area contributed by atoms with Crippen LogP contribution in [0.1, 0.15) is 61.7 Å². The van der Waals surface area contributed by atoms with Gasteiger partial charge in [0.1, 0.15) is 0 Å². The molecular formula is C23H29NO4S. The minimum atomic E-state index is -0.500. The lowest BCUT2D eigenvalue weighted by molar-refractivity contribution is -0.150. The van der Waals surface area contributed by atoms with Crippen LogP contribution in [0.4, 0.5) is 0 Å². The van der Waals surface area contributed by atoms with E-state index in [-0.39, 0.29) is 36.7 Å². The summed E-state index contributed by atoms with van der Waals surface area (Å²) >= 11 is 1.61. The lowest BCUT2D eigenvalue weighted by Gasteiger charge is -2.56. The first-order valence-electron chi connectivity index (χ1n) is 10.6. The van der Waals surface area contributed by atoms with E-state index in [0.29, 0.717) is 5.56 Å². The predicted octanol–water partition coefficient (Wildman–Crippen LogP) is 4.00. The minimum absolute atomic E-state index is 0.00619. The van der Waals surface area contributed by atoms with E-state index < -0.39 is 5.97 Å². The highest BCUT2D eigenvalue weighted by atomic mass is 32.2. The number of thioether (sulfide) groups is 1. The van der Waals surface area contributed by atoms with Crippen LogP contribution in [0.5, 0.6) is 0 Å². The number of esters is 1. The molecule has 0 aromatic heterocycles. The summed E-state index contributed by atoms with van der Waals surface area (Å²) in [4.78, 5) is 37.7. The Morgan fingerprint density at radius 2 is 1.59 bits per heavy atom. The van der Waals surface area contributed by atoms with Crippen molar-refractivity contribution in [2.45, 2.75) is 61.8 Å². The smallest absolute Gasteiger partial charge is 0.306 e. The summed E-state index contributed by atoms with van der Waals surface area (Å²) in [5.74, 6) is 1.45. The summed E-state index contributed by atoms with van der Waals surface area (Å²) < 4.78 is 5.13. The average molecular weight is 416 g/mol. The fourth-order valence-electron chi connectivity index (χ4n) is 5.95. The largest absolute Gasteiger partial charge is 0.456 e. The quantitative estimate of drug-likeness (QED) is 0.395. The SMILES string of the molecule is CSc1ccc(C(=O)CCC(=O)OCC(=O)NC23CC4CC(CC(C4)C2)C3)cc1. The Labute approximate surface area is 176 Å². The van der Waals surface area contributed by atoms with Crippen LogP contribution < -0.4 is 5.32 Å². The molecule has 4 saturated carbocycles. The van der Waals surface area contributed by atoms with Crippen molar-refractivity contribution < 1.29 is 19.1 Å². The summed E-state index contributed by atoms with van der Waals surface area (Å²) in [5.41, 5.74) is 0.520. The summed E-state index contributed by atoms with van der Waals surface area (Å²) in [6.45, 7) is -0.253. The molecule has 5 nitrogen and oxygen atoms in total. The zero-order valence-electron chi connectivity index (χ0n) is 16.9. The third-order valence-electron chi connectivity index (χ3n) is 6.78. The maximum Gasteiger partial charge on any atom is 0.306 e. The van der Waals surface area contributed by atoms with Gasteiger partial charge in [-0.3, -0.25) is 14.4 Å². The van der Waals surface area contributed by atoms with Crippen molar-refractivity contribution in [3.8, 4) is 0 Å². The van der Waals surface area contributed by atoms with Crippen molar-refractivity contribution in [2.75, 3.05) is 12.9 Å². The third-order valence-corrected chi connectivity index (χ3v) is 7.52. The molecule has 0 atom stereocenters. The molecule has 0 radical (unpaired) electrons. The molecule has 0 saturated heterocycles. The second-order valence-electron chi connectivity index (χ2n) is 9.06. The maximum absolute atomic E-state index is 12.4. The van der Waals surface area contributed by atoms with E-state index in [1.807, 2.05) is 18.4 Å². The number of ether oxygens (including phenoxy) is 1. The second kappa shape index (κ2) is 8.50. The Kier molecular flexibility index (Phi) is 6.00.